The van der Waals surface area contributed by atoms with Gasteiger partial charge in [-0.3, -0.25) is 4.90 Å². The van der Waals surface area contributed by atoms with Crippen molar-refractivity contribution in [1.29, 1.82) is 0 Å². The fourth-order valence-electron chi connectivity index (χ4n) is 2.79. The lowest BCUT2D eigenvalue weighted by atomic mass is 10.0. The van der Waals surface area contributed by atoms with Crippen LogP contribution >= 0.6 is 0 Å². The molecule has 122 valence electrons. The summed E-state index contributed by atoms with van der Waals surface area (Å²) in [6, 6.07) is 6.28. The van der Waals surface area contributed by atoms with Gasteiger partial charge in [0.05, 0.1) is 19.8 Å². The Kier molecular flexibility index (Phi) is 4.84. The van der Waals surface area contributed by atoms with E-state index in [0.717, 1.165) is 36.5 Å². The monoisotopic (exact) mass is 323 g/mol. The summed E-state index contributed by atoms with van der Waals surface area (Å²) in [4.78, 5) is 2.30. The zero-order valence-corrected chi connectivity index (χ0v) is 14.6. The fourth-order valence-corrected chi connectivity index (χ4v) is 4.69. The number of hydrogen-bond donors (Lipinski definition) is 0. The molecule has 0 N–H and O–H groups in total. The molecule has 0 aromatic heterocycles. The minimum atomic E-state index is -3.10. The first kappa shape index (κ1) is 16.0. The third-order valence-electron chi connectivity index (χ3n) is 4.09. The average molecular weight is 323 g/mol. The average Bonchev–Trinajstić information content (AvgIpc) is 2.39. The van der Waals surface area contributed by atoms with Crippen LogP contribution < -0.4 is 4.43 Å². The summed E-state index contributed by atoms with van der Waals surface area (Å²) in [5.41, 5.74) is 2.32. The summed E-state index contributed by atoms with van der Waals surface area (Å²) in [6.45, 7) is 10.9. The van der Waals surface area contributed by atoms with Gasteiger partial charge in [-0.05, 0) is 30.0 Å². The first-order valence-corrected chi connectivity index (χ1v) is 9.65. The van der Waals surface area contributed by atoms with Crippen molar-refractivity contribution >= 4 is 9.05 Å². The molecule has 2 bridgehead atoms. The van der Waals surface area contributed by atoms with Gasteiger partial charge >= 0.3 is 9.05 Å². The van der Waals surface area contributed by atoms with E-state index < -0.39 is 9.05 Å². The van der Waals surface area contributed by atoms with E-state index >= 15 is 0 Å². The van der Waals surface area contributed by atoms with Crippen LogP contribution in [0.25, 0.3) is 0 Å². The van der Waals surface area contributed by atoms with Crippen molar-refractivity contribution in [2.45, 2.75) is 26.7 Å². The molecule has 0 amide bonds. The van der Waals surface area contributed by atoms with Crippen LogP contribution in [0.4, 0.5) is 0 Å². The summed E-state index contributed by atoms with van der Waals surface area (Å²) < 4.78 is 24.1. The molecule has 0 aliphatic carbocycles. The van der Waals surface area contributed by atoms with E-state index in [1.165, 1.54) is 0 Å². The predicted octanol–water partition coefficient (Wildman–Crippen LogP) is 2.31. The molecule has 3 saturated heterocycles. The van der Waals surface area contributed by atoms with Crippen molar-refractivity contribution in [1.82, 2.24) is 4.90 Å². The van der Waals surface area contributed by atoms with Crippen molar-refractivity contribution in [2.24, 2.45) is 0 Å². The van der Waals surface area contributed by atoms with Crippen LogP contribution in [-0.4, -0.2) is 53.4 Å². The van der Waals surface area contributed by atoms with Gasteiger partial charge in [-0.15, -0.1) is 0 Å². The van der Waals surface area contributed by atoms with Gasteiger partial charge in [0, 0.05) is 19.6 Å². The maximum atomic E-state index is 6.27. The number of hydrogen-bond acceptors (Lipinski definition) is 5. The predicted molar refractivity (Wildman–Crippen MR) is 85.9 cm³/mol. The summed E-state index contributed by atoms with van der Waals surface area (Å²) in [5, 5.41) is 0. The van der Waals surface area contributed by atoms with Gasteiger partial charge in [-0.1, -0.05) is 26.0 Å². The van der Waals surface area contributed by atoms with E-state index in [2.05, 4.69) is 43.9 Å². The Balaban J connectivity index is 1.87. The summed E-state index contributed by atoms with van der Waals surface area (Å²) in [6.07, 6.45) is 0. The molecule has 5 nitrogen and oxygen atoms in total. The first-order valence-electron chi connectivity index (χ1n) is 8.02. The van der Waals surface area contributed by atoms with E-state index in [9.17, 15) is 0 Å². The van der Waals surface area contributed by atoms with Gasteiger partial charge in [0.1, 0.15) is 5.75 Å². The molecule has 0 radical (unpaired) electrons. The molecule has 3 aliphatic heterocycles. The molecule has 1 aromatic rings. The third kappa shape index (κ3) is 3.52. The third-order valence-corrected chi connectivity index (χ3v) is 6.23. The van der Waals surface area contributed by atoms with Gasteiger partial charge in [-0.25, -0.2) is 0 Å². The number of rotatable bonds is 3. The Labute approximate surface area is 133 Å². The SMILES string of the molecule is Cc1ccc(C(C)C)c(O[Si]23OCCN(CCO2)CCO3)c1. The topological polar surface area (TPSA) is 40.2 Å². The van der Waals surface area contributed by atoms with E-state index in [-0.39, 0.29) is 0 Å². The molecule has 4 rings (SSSR count). The van der Waals surface area contributed by atoms with Gasteiger partial charge in [0.15, 0.2) is 0 Å². The van der Waals surface area contributed by atoms with Crippen molar-refractivity contribution in [3.8, 4) is 5.75 Å². The van der Waals surface area contributed by atoms with Crippen molar-refractivity contribution in [2.75, 3.05) is 39.5 Å². The molecule has 3 heterocycles. The highest BCUT2D eigenvalue weighted by Crippen LogP contribution is 2.31. The van der Waals surface area contributed by atoms with Crippen LogP contribution in [0.3, 0.4) is 0 Å². The summed E-state index contributed by atoms with van der Waals surface area (Å²) in [5.74, 6) is 1.21. The van der Waals surface area contributed by atoms with E-state index in [4.69, 9.17) is 17.7 Å². The molecule has 22 heavy (non-hydrogen) atoms. The Morgan fingerprint density at radius 2 is 1.64 bits per heavy atom. The lowest BCUT2D eigenvalue weighted by Gasteiger charge is -2.37. The van der Waals surface area contributed by atoms with E-state index in [0.29, 0.717) is 25.7 Å². The minimum absolute atomic E-state index is 0.374. The highest BCUT2D eigenvalue weighted by atomic mass is 28.4. The molecule has 0 spiro atoms. The second-order valence-electron chi connectivity index (χ2n) is 6.19. The molecule has 0 unspecified atom stereocenters. The molecule has 1 aromatic carbocycles. The van der Waals surface area contributed by atoms with E-state index in [1.54, 1.807) is 0 Å². The number of fused-ring (bicyclic) bond motifs is 6. The Bertz CT molecular complexity index is 496. The normalized spacial score (nSPS) is 29.0. The van der Waals surface area contributed by atoms with Crippen LogP contribution in [0.2, 0.25) is 0 Å². The van der Waals surface area contributed by atoms with Gasteiger partial charge in [-0.2, -0.15) is 0 Å². The van der Waals surface area contributed by atoms with Crippen molar-refractivity contribution in [3.63, 3.8) is 0 Å². The number of benzene rings is 1. The van der Waals surface area contributed by atoms with Crippen LogP contribution in [0, 0.1) is 6.92 Å². The Morgan fingerprint density at radius 3 is 2.18 bits per heavy atom. The molecule has 0 atom stereocenters. The van der Waals surface area contributed by atoms with Crippen LogP contribution in [-0.2, 0) is 13.3 Å². The van der Waals surface area contributed by atoms with Gasteiger partial charge in [0.2, 0.25) is 0 Å². The van der Waals surface area contributed by atoms with Crippen LogP contribution in [0.15, 0.2) is 18.2 Å². The van der Waals surface area contributed by atoms with Crippen molar-refractivity contribution in [3.05, 3.63) is 29.3 Å². The molecular formula is C16H25NO4Si. The highest BCUT2D eigenvalue weighted by molar-refractivity contribution is 6.54. The molecular weight excluding hydrogens is 298 g/mol. The Morgan fingerprint density at radius 1 is 1.05 bits per heavy atom. The minimum Gasteiger partial charge on any atom is -0.480 e. The number of aryl methyl sites for hydroxylation is 1. The highest BCUT2D eigenvalue weighted by Gasteiger charge is 2.51. The molecule has 6 heteroatoms. The zero-order valence-electron chi connectivity index (χ0n) is 13.6. The largest absolute Gasteiger partial charge is 0.749 e. The molecule has 0 saturated carbocycles. The number of nitrogens with zero attached hydrogens (tertiary/aromatic N) is 1. The molecule has 3 aliphatic rings. The summed E-state index contributed by atoms with van der Waals surface area (Å²) in [7, 11) is -3.10. The van der Waals surface area contributed by atoms with Crippen LogP contribution in [0.1, 0.15) is 30.9 Å². The quantitative estimate of drug-likeness (QED) is 0.798. The summed E-state index contributed by atoms with van der Waals surface area (Å²) >= 11 is 0. The van der Waals surface area contributed by atoms with Crippen LogP contribution in [0.5, 0.6) is 5.75 Å². The lowest BCUT2D eigenvalue weighted by Crippen LogP contribution is -2.59. The van der Waals surface area contributed by atoms with Crippen molar-refractivity contribution < 1.29 is 17.7 Å². The zero-order chi connectivity index (χ0) is 15.6. The lowest BCUT2D eigenvalue weighted by molar-refractivity contribution is -0.0497. The smallest absolute Gasteiger partial charge is 0.480 e. The second-order valence-corrected chi connectivity index (χ2v) is 8.26. The fraction of sp³-hybridized carbons (Fsp3) is 0.625. The first-order chi connectivity index (χ1) is 10.6. The Hall–Kier alpha value is -0.923. The molecule has 3 fully saturated rings. The standard InChI is InChI=1S/C16H25NO4Si/c1-13(2)15-5-4-14(3)12-16(15)21-22-18-9-6-17(7-10-19-22)8-11-20-22/h4-5,12-13H,6-11H2,1-3H3. The maximum absolute atomic E-state index is 6.27. The van der Waals surface area contributed by atoms with E-state index in [1.807, 2.05) is 0 Å². The van der Waals surface area contributed by atoms with Gasteiger partial charge < -0.3 is 17.7 Å². The van der Waals surface area contributed by atoms with Gasteiger partial charge in [0.25, 0.3) is 0 Å². The maximum Gasteiger partial charge on any atom is 0.749 e. The second kappa shape index (κ2) is 6.68.